The summed E-state index contributed by atoms with van der Waals surface area (Å²) in [5.74, 6) is 1.24. The van der Waals surface area contributed by atoms with E-state index in [0.29, 0.717) is 24.5 Å². The maximum absolute atomic E-state index is 4.04. The molecule has 0 aromatic carbocycles. The van der Waals surface area contributed by atoms with E-state index >= 15 is 0 Å². The molecule has 16 heavy (non-hydrogen) atoms. The highest BCUT2D eigenvalue weighted by Crippen LogP contribution is 1.96. The van der Waals surface area contributed by atoms with Gasteiger partial charge in [-0.3, -0.25) is 0 Å². The van der Waals surface area contributed by atoms with Crippen molar-refractivity contribution < 1.29 is 0 Å². The number of tetrazole rings is 2. The van der Waals surface area contributed by atoms with Crippen molar-refractivity contribution in [3.63, 3.8) is 0 Å². The van der Waals surface area contributed by atoms with Crippen LogP contribution in [0.2, 0.25) is 0 Å². The first kappa shape index (κ1) is 10.1. The van der Waals surface area contributed by atoms with Crippen molar-refractivity contribution in [1.29, 1.82) is 0 Å². The van der Waals surface area contributed by atoms with Crippen molar-refractivity contribution in [2.45, 2.75) is 12.8 Å². The van der Waals surface area contributed by atoms with E-state index in [1.54, 1.807) is 0 Å². The predicted octanol–water partition coefficient (Wildman–Crippen LogP) is -0.354. The summed E-state index contributed by atoms with van der Waals surface area (Å²) in [6, 6.07) is 0. The Bertz CT molecular complexity index is 449. The molecule has 2 heterocycles. The Morgan fingerprint density at radius 2 is 1.31 bits per heavy atom. The Balaban J connectivity index is 1.96. The molecule has 0 aliphatic carbocycles. The van der Waals surface area contributed by atoms with Crippen LogP contribution in [0.3, 0.4) is 0 Å². The Morgan fingerprint density at radius 3 is 1.62 bits per heavy atom. The van der Waals surface area contributed by atoms with E-state index in [9.17, 15) is 0 Å². The van der Waals surface area contributed by atoms with Crippen molar-refractivity contribution in [3.8, 4) is 0 Å². The van der Waals surface area contributed by atoms with Gasteiger partial charge in [0.05, 0.1) is 0 Å². The first-order chi connectivity index (χ1) is 7.81. The molecule has 82 valence electrons. The fourth-order valence-corrected chi connectivity index (χ4v) is 1.09. The van der Waals surface area contributed by atoms with Crippen LogP contribution < -0.4 is 0 Å². The molecule has 0 aliphatic rings. The molecule has 0 spiro atoms. The van der Waals surface area contributed by atoms with Gasteiger partial charge in [-0.2, -0.15) is 0 Å². The zero-order chi connectivity index (χ0) is 11.4. The minimum atomic E-state index is 0.608. The summed E-state index contributed by atoms with van der Waals surface area (Å²) in [4.78, 5) is 2.62. The van der Waals surface area contributed by atoms with Gasteiger partial charge in [-0.25, -0.2) is 0 Å². The number of hydrogen-bond donors (Lipinski definition) is 0. The van der Waals surface area contributed by atoms with E-state index in [1.807, 2.05) is 0 Å². The largest absolute Gasteiger partial charge is 0.175 e. The number of aryl methyl sites for hydroxylation is 2. The lowest BCUT2D eigenvalue weighted by Crippen LogP contribution is -1.97. The van der Waals surface area contributed by atoms with Crippen LogP contribution in [-0.2, 0) is 12.8 Å². The number of aromatic nitrogens is 8. The van der Waals surface area contributed by atoms with Crippen LogP contribution in [0.4, 0.5) is 0 Å². The maximum atomic E-state index is 4.04. The lowest BCUT2D eigenvalue weighted by Gasteiger charge is -1.88. The highest BCUT2D eigenvalue weighted by Gasteiger charge is 2.05. The molecular weight excluding hydrogens is 208 g/mol. The molecule has 2 aromatic rings. The lowest BCUT2D eigenvalue weighted by atomic mass is 10.3. The zero-order valence-corrected chi connectivity index (χ0v) is 8.56. The van der Waals surface area contributed by atoms with Crippen molar-refractivity contribution in [3.05, 3.63) is 24.8 Å². The van der Waals surface area contributed by atoms with Crippen LogP contribution in [0, 0.1) is 0 Å². The minimum absolute atomic E-state index is 0.608. The second-order valence-electron chi connectivity index (χ2n) is 2.92. The molecular formula is C8H10N8. The summed E-state index contributed by atoms with van der Waals surface area (Å²) < 4.78 is 0. The lowest BCUT2D eigenvalue weighted by molar-refractivity contribution is 0.751. The van der Waals surface area contributed by atoms with Crippen molar-refractivity contribution in [2.75, 3.05) is 0 Å². The molecule has 0 N–H and O–H groups in total. The summed E-state index contributed by atoms with van der Waals surface area (Å²) in [6.07, 6.45) is 4.17. The Labute approximate surface area is 91.3 Å². The van der Waals surface area contributed by atoms with Crippen LogP contribution in [0.15, 0.2) is 13.2 Å². The molecule has 0 radical (unpaired) electrons. The zero-order valence-electron chi connectivity index (χ0n) is 8.56. The van der Waals surface area contributed by atoms with E-state index in [1.165, 1.54) is 22.0 Å². The Kier molecular flexibility index (Phi) is 2.81. The number of nitrogens with zero attached hydrogens (tertiary/aromatic N) is 8. The molecule has 0 atom stereocenters. The van der Waals surface area contributed by atoms with Crippen LogP contribution in [0.25, 0.3) is 12.4 Å². The van der Waals surface area contributed by atoms with Gasteiger partial charge in [-0.1, -0.05) is 13.2 Å². The second-order valence-corrected chi connectivity index (χ2v) is 2.92. The van der Waals surface area contributed by atoms with Crippen LogP contribution in [0.1, 0.15) is 11.6 Å². The first-order valence-corrected chi connectivity index (χ1v) is 4.63. The van der Waals surface area contributed by atoms with Gasteiger partial charge in [-0.15, -0.1) is 30.0 Å². The quantitative estimate of drug-likeness (QED) is 0.681. The van der Waals surface area contributed by atoms with Gasteiger partial charge in [0.2, 0.25) is 0 Å². The molecule has 2 rings (SSSR count). The second kappa shape index (κ2) is 4.43. The summed E-state index contributed by atoms with van der Waals surface area (Å²) in [6.45, 7) is 7.05. The third-order valence-corrected chi connectivity index (χ3v) is 1.84. The van der Waals surface area contributed by atoms with E-state index in [2.05, 4.69) is 44.0 Å². The van der Waals surface area contributed by atoms with E-state index < -0.39 is 0 Å². The average Bonchev–Trinajstić information content (AvgIpc) is 2.95. The number of hydrogen-bond acceptors (Lipinski definition) is 6. The SMILES string of the molecule is C=Cn1nnc(CCc2nnn(C=C)n2)n1. The summed E-state index contributed by atoms with van der Waals surface area (Å²) in [7, 11) is 0. The molecule has 0 saturated heterocycles. The normalized spacial score (nSPS) is 10.2. The van der Waals surface area contributed by atoms with Gasteiger partial charge >= 0.3 is 0 Å². The third-order valence-electron chi connectivity index (χ3n) is 1.84. The fourth-order valence-electron chi connectivity index (χ4n) is 1.09. The van der Waals surface area contributed by atoms with E-state index in [0.717, 1.165) is 0 Å². The molecule has 8 heteroatoms. The van der Waals surface area contributed by atoms with Crippen molar-refractivity contribution in [1.82, 2.24) is 40.4 Å². The summed E-state index contributed by atoms with van der Waals surface area (Å²) >= 11 is 0. The van der Waals surface area contributed by atoms with Gasteiger partial charge < -0.3 is 0 Å². The smallest absolute Gasteiger partial charge is 0.139 e. The van der Waals surface area contributed by atoms with Crippen LogP contribution >= 0.6 is 0 Å². The van der Waals surface area contributed by atoms with Crippen LogP contribution in [-0.4, -0.2) is 40.4 Å². The fraction of sp³-hybridized carbons (Fsp3) is 0.250. The molecule has 0 amide bonds. The monoisotopic (exact) mass is 218 g/mol. The maximum Gasteiger partial charge on any atom is 0.175 e. The van der Waals surface area contributed by atoms with Gasteiger partial charge in [0.15, 0.2) is 11.6 Å². The molecule has 0 fully saturated rings. The summed E-state index contributed by atoms with van der Waals surface area (Å²) in [5, 5.41) is 23.3. The molecule has 0 aliphatic heterocycles. The average molecular weight is 218 g/mol. The number of rotatable bonds is 5. The highest BCUT2D eigenvalue weighted by molar-refractivity contribution is 5.09. The van der Waals surface area contributed by atoms with Crippen molar-refractivity contribution in [2.24, 2.45) is 0 Å². The first-order valence-electron chi connectivity index (χ1n) is 4.63. The third kappa shape index (κ3) is 2.16. The van der Waals surface area contributed by atoms with E-state index in [4.69, 9.17) is 0 Å². The van der Waals surface area contributed by atoms with Crippen molar-refractivity contribution >= 4 is 12.4 Å². The van der Waals surface area contributed by atoms with Gasteiger partial charge in [0.1, 0.15) is 0 Å². The van der Waals surface area contributed by atoms with Gasteiger partial charge in [0, 0.05) is 25.2 Å². The Morgan fingerprint density at radius 1 is 0.875 bits per heavy atom. The van der Waals surface area contributed by atoms with E-state index in [-0.39, 0.29) is 0 Å². The Hall–Kier alpha value is -2.38. The molecule has 2 aromatic heterocycles. The van der Waals surface area contributed by atoms with Gasteiger partial charge in [-0.05, 0) is 10.4 Å². The summed E-state index contributed by atoms with van der Waals surface area (Å²) in [5.41, 5.74) is 0. The molecule has 0 unspecified atom stereocenters. The van der Waals surface area contributed by atoms with Gasteiger partial charge in [0.25, 0.3) is 0 Å². The molecule has 0 bridgehead atoms. The molecule has 0 saturated carbocycles. The standard InChI is InChI=1S/C8H10N8/c1-3-15-11-7(9-13-15)5-6-8-10-14-16(4-2)12-8/h3-4H,1-2,5-6H2. The predicted molar refractivity (Wildman–Crippen MR) is 55.8 cm³/mol. The topological polar surface area (TPSA) is 87.2 Å². The van der Waals surface area contributed by atoms with Crippen LogP contribution in [0.5, 0.6) is 0 Å². The molecule has 8 nitrogen and oxygen atoms in total. The minimum Gasteiger partial charge on any atom is -0.139 e. The highest BCUT2D eigenvalue weighted by atomic mass is 15.6.